The fourth-order valence-corrected chi connectivity index (χ4v) is 5.06. The van der Waals surface area contributed by atoms with Gasteiger partial charge in [0, 0.05) is 26.3 Å². The Kier molecular flexibility index (Phi) is 6.95. The summed E-state index contributed by atoms with van der Waals surface area (Å²) in [5, 5.41) is 12.7. The van der Waals surface area contributed by atoms with Gasteiger partial charge in [-0.25, -0.2) is 19.2 Å². The number of hydrogen-bond donors (Lipinski definition) is 2. The van der Waals surface area contributed by atoms with E-state index in [0.717, 1.165) is 5.56 Å². The van der Waals surface area contributed by atoms with Crippen LogP contribution in [-0.2, 0) is 7.05 Å². The maximum atomic E-state index is 13.7. The van der Waals surface area contributed by atoms with E-state index in [1.54, 1.807) is 36.1 Å². The van der Waals surface area contributed by atoms with Gasteiger partial charge >= 0.3 is 6.09 Å². The van der Waals surface area contributed by atoms with Crippen molar-refractivity contribution in [2.24, 2.45) is 7.05 Å². The number of piperidine rings is 1. The van der Waals surface area contributed by atoms with E-state index in [1.165, 1.54) is 17.0 Å². The summed E-state index contributed by atoms with van der Waals surface area (Å²) in [5.41, 5.74) is 2.97. The van der Waals surface area contributed by atoms with Crippen LogP contribution in [0, 0.1) is 5.82 Å². The highest BCUT2D eigenvalue weighted by molar-refractivity contribution is 5.79. The van der Waals surface area contributed by atoms with Gasteiger partial charge in [0.25, 0.3) is 5.56 Å². The van der Waals surface area contributed by atoms with Crippen molar-refractivity contribution < 1.29 is 14.3 Å². The number of hydrogen-bond acceptors (Lipinski definition) is 5. The Hall–Kier alpha value is -4.47. The largest absolute Gasteiger partial charge is 0.465 e. The number of anilines is 1. The second-order valence-electron chi connectivity index (χ2n) is 9.45. The van der Waals surface area contributed by atoms with Crippen molar-refractivity contribution in [2.45, 2.75) is 31.8 Å². The summed E-state index contributed by atoms with van der Waals surface area (Å²) in [6.07, 6.45) is 1.79. The minimum atomic E-state index is -0.948. The van der Waals surface area contributed by atoms with Crippen LogP contribution in [0.4, 0.5) is 15.1 Å². The van der Waals surface area contributed by atoms with Crippen LogP contribution >= 0.6 is 0 Å². The minimum Gasteiger partial charge on any atom is -0.465 e. The van der Waals surface area contributed by atoms with E-state index in [0.29, 0.717) is 54.4 Å². The molecule has 1 aliphatic rings. The lowest BCUT2D eigenvalue weighted by atomic mass is 10.0. The predicted molar refractivity (Wildman–Crippen MR) is 142 cm³/mol. The highest BCUT2D eigenvalue weighted by Gasteiger charge is 2.30. The van der Waals surface area contributed by atoms with Gasteiger partial charge in [-0.1, -0.05) is 42.5 Å². The van der Waals surface area contributed by atoms with Crippen molar-refractivity contribution in [3.05, 3.63) is 88.6 Å². The van der Waals surface area contributed by atoms with E-state index in [-0.39, 0.29) is 17.6 Å². The summed E-state index contributed by atoms with van der Waals surface area (Å²) in [6, 6.07) is 17.3. The molecule has 1 aliphatic heterocycles. The molecule has 0 aliphatic carbocycles. The lowest BCUT2D eigenvalue weighted by molar-refractivity contribution is 0.122. The van der Waals surface area contributed by atoms with Crippen LogP contribution in [0.15, 0.2) is 71.7 Å². The molecule has 38 heavy (non-hydrogen) atoms. The normalized spacial score (nSPS) is 14.9. The van der Waals surface area contributed by atoms with Crippen molar-refractivity contribution in [1.82, 2.24) is 24.2 Å². The minimum absolute atomic E-state index is 0.0543. The first-order valence-corrected chi connectivity index (χ1v) is 12.5. The number of carboxylic acid groups (broad SMARTS) is 1. The topological polar surface area (TPSA) is 105 Å². The molecule has 196 valence electrons. The highest BCUT2D eigenvalue weighted by atomic mass is 19.1. The molecule has 2 N–H and O–H groups in total. The highest BCUT2D eigenvalue weighted by Crippen LogP contribution is 2.35. The number of nitrogens with zero attached hydrogens (tertiary/aromatic N) is 5. The number of amides is 1. The Morgan fingerprint density at radius 1 is 1.08 bits per heavy atom. The molecule has 4 aromatic rings. The van der Waals surface area contributed by atoms with Crippen LogP contribution < -0.4 is 10.9 Å². The summed E-state index contributed by atoms with van der Waals surface area (Å²) < 4.78 is 17.2. The third kappa shape index (κ3) is 4.89. The maximum absolute atomic E-state index is 13.7. The van der Waals surface area contributed by atoms with E-state index in [4.69, 9.17) is 4.98 Å². The summed E-state index contributed by atoms with van der Waals surface area (Å²) in [4.78, 5) is 35.7. The lowest BCUT2D eigenvalue weighted by Gasteiger charge is -2.32. The Morgan fingerprint density at radius 2 is 1.76 bits per heavy atom. The van der Waals surface area contributed by atoms with Crippen LogP contribution in [-0.4, -0.2) is 48.5 Å². The second-order valence-corrected chi connectivity index (χ2v) is 9.45. The quantitative estimate of drug-likeness (QED) is 0.376. The van der Waals surface area contributed by atoms with E-state index in [2.05, 4.69) is 10.3 Å². The molecule has 0 spiro atoms. The Balaban J connectivity index is 1.60. The van der Waals surface area contributed by atoms with Crippen molar-refractivity contribution in [3.63, 3.8) is 0 Å². The molecule has 5 rings (SSSR count). The molecule has 2 aromatic carbocycles. The summed E-state index contributed by atoms with van der Waals surface area (Å²) in [6.45, 7) is 2.75. The lowest BCUT2D eigenvalue weighted by Crippen LogP contribution is -2.39. The van der Waals surface area contributed by atoms with E-state index in [1.807, 2.05) is 41.9 Å². The smallest absolute Gasteiger partial charge is 0.407 e. The first kappa shape index (κ1) is 25.2. The van der Waals surface area contributed by atoms with Gasteiger partial charge in [-0.3, -0.25) is 14.2 Å². The van der Waals surface area contributed by atoms with E-state index in [9.17, 15) is 19.1 Å². The van der Waals surface area contributed by atoms with Gasteiger partial charge in [0.05, 0.1) is 29.0 Å². The Morgan fingerprint density at radius 3 is 2.42 bits per heavy atom. The zero-order valence-corrected chi connectivity index (χ0v) is 21.2. The molecule has 2 aromatic heterocycles. The van der Waals surface area contributed by atoms with E-state index < -0.39 is 11.9 Å². The number of halogens is 1. The number of aromatic nitrogens is 4. The van der Waals surface area contributed by atoms with Gasteiger partial charge in [-0.15, -0.1) is 0 Å². The summed E-state index contributed by atoms with van der Waals surface area (Å²) >= 11 is 0. The maximum Gasteiger partial charge on any atom is 0.407 e. The third-order valence-corrected chi connectivity index (χ3v) is 7.05. The molecule has 0 saturated carbocycles. The van der Waals surface area contributed by atoms with Crippen LogP contribution in [0.25, 0.3) is 22.5 Å². The van der Waals surface area contributed by atoms with Crippen LogP contribution in [0.1, 0.15) is 37.4 Å². The van der Waals surface area contributed by atoms with E-state index >= 15 is 0 Å². The SMILES string of the molecule is CC(Nc1nccc(-c2c(-c3ccc(F)cc3)c(=O)n(C)n2C2CCN(C(=O)O)CC2)n1)c1ccccc1. The molecule has 1 atom stereocenters. The van der Waals surface area contributed by atoms with Crippen LogP contribution in [0.2, 0.25) is 0 Å². The second kappa shape index (κ2) is 10.5. The van der Waals surface area contributed by atoms with Gasteiger partial charge in [0.2, 0.25) is 5.95 Å². The number of benzene rings is 2. The fourth-order valence-electron chi connectivity index (χ4n) is 5.06. The molecule has 3 heterocycles. The zero-order chi connectivity index (χ0) is 26.8. The first-order chi connectivity index (χ1) is 18.3. The summed E-state index contributed by atoms with van der Waals surface area (Å²) in [5.74, 6) is 0.0171. The average molecular weight is 517 g/mol. The van der Waals surface area contributed by atoms with Gasteiger partial charge in [-0.05, 0) is 49.1 Å². The van der Waals surface area contributed by atoms with Crippen LogP contribution in [0.3, 0.4) is 0 Å². The molecule has 1 saturated heterocycles. The van der Waals surface area contributed by atoms with Gasteiger partial charge < -0.3 is 15.3 Å². The first-order valence-electron chi connectivity index (χ1n) is 12.5. The number of likely N-dealkylation sites (tertiary alicyclic amines) is 1. The van der Waals surface area contributed by atoms with Gasteiger partial charge in [0.15, 0.2) is 0 Å². The Bertz CT molecular complexity index is 1490. The molecule has 9 nitrogen and oxygen atoms in total. The van der Waals surface area contributed by atoms with Crippen molar-refractivity contribution in [3.8, 4) is 22.5 Å². The molecule has 1 unspecified atom stereocenters. The third-order valence-electron chi connectivity index (χ3n) is 7.05. The molecule has 1 amide bonds. The van der Waals surface area contributed by atoms with Gasteiger partial charge in [0.1, 0.15) is 5.82 Å². The van der Waals surface area contributed by atoms with Gasteiger partial charge in [-0.2, -0.15) is 0 Å². The standard InChI is InChI=1S/C28H29FN6O3/c1-18(19-6-4-3-5-7-19)31-27-30-15-12-23(32-27)25-24(20-8-10-21(29)11-9-20)26(36)33(2)35(25)22-13-16-34(17-14-22)28(37)38/h3-12,15,18,22H,13-14,16-17H2,1-2H3,(H,37,38)(H,30,31,32). The number of rotatable bonds is 6. The van der Waals surface area contributed by atoms with Crippen molar-refractivity contribution in [1.29, 1.82) is 0 Å². The molecular formula is C28H29FN6O3. The Labute approximate surface area is 219 Å². The number of carbonyl (C=O) groups is 1. The van der Waals surface area contributed by atoms with Crippen molar-refractivity contribution in [2.75, 3.05) is 18.4 Å². The van der Waals surface area contributed by atoms with Crippen molar-refractivity contribution >= 4 is 12.0 Å². The number of nitrogens with one attached hydrogen (secondary N) is 1. The molecule has 1 fully saturated rings. The zero-order valence-electron chi connectivity index (χ0n) is 21.2. The predicted octanol–water partition coefficient (Wildman–Crippen LogP) is 4.94. The molecule has 10 heteroatoms. The fraction of sp³-hybridized carbons (Fsp3) is 0.286. The average Bonchev–Trinajstić information content (AvgIpc) is 3.20. The monoisotopic (exact) mass is 516 g/mol. The molecule has 0 bridgehead atoms. The molecular weight excluding hydrogens is 487 g/mol. The molecule has 0 radical (unpaired) electrons. The summed E-state index contributed by atoms with van der Waals surface area (Å²) in [7, 11) is 1.69. The van der Waals surface area contributed by atoms with Crippen LogP contribution in [0.5, 0.6) is 0 Å².